The largest absolute Gasteiger partial charge is 0.352 e. The fraction of sp³-hybridized carbons (Fsp3) is 0.286. The van der Waals surface area contributed by atoms with Crippen molar-refractivity contribution in [3.63, 3.8) is 0 Å². The predicted molar refractivity (Wildman–Crippen MR) is 52.7 cm³/mol. The zero-order valence-corrected chi connectivity index (χ0v) is 8.34. The van der Waals surface area contributed by atoms with Crippen molar-refractivity contribution in [2.24, 2.45) is 5.73 Å². The van der Waals surface area contributed by atoms with Gasteiger partial charge < -0.3 is 15.6 Å². The molecule has 0 saturated carbocycles. The number of aromatic nitrogens is 2. The van der Waals surface area contributed by atoms with E-state index < -0.39 is 6.03 Å². The third-order valence-electron chi connectivity index (χ3n) is 1.02. The zero-order chi connectivity index (χ0) is 10.3. The Morgan fingerprint density at radius 2 is 2.23 bits per heavy atom. The molecule has 1 aromatic rings. The van der Waals surface area contributed by atoms with Gasteiger partial charge in [-0.3, -0.25) is 0 Å². The van der Waals surface area contributed by atoms with Gasteiger partial charge in [0.15, 0.2) is 4.77 Å². The van der Waals surface area contributed by atoms with E-state index in [0.29, 0.717) is 4.77 Å². The first-order chi connectivity index (χ1) is 6.04. The monoisotopic (exact) mass is 200 g/mol. The van der Waals surface area contributed by atoms with Crippen LogP contribution in [0.1, 0.15) is 0 Å². The highest BCUT2D eigenvalue weighted by atomic mass is 32.1. The SMILES string of the molecule is CN(C)C(N)=O.S=c1nccc[nH]1. The van der Waals surface area contributed by atoms with Crippen LogP contribution in [0.3, 0.4) is 0 Å². The van der Waals surface area contributed by atoms with Gasteiger partial charge in [-0.05, 0) is 18.3 Å². The Morgan fingerprint density at radius 3 is 2.38 bits per heavy atom. The molecular formula is C7H12N4OS. The van der Waals surface area contributed by atoms with Crippen molar-refractivity contribution >= 4 is 18.2 Å². The molecule has 0 aliphatic heterocycles. The van der Waals surface area contributed by atoms with E-state index >= 15 is 0 Å². The van der Waals surface area contributed by atoms with Gasteiger partial charge >= 0.3 is 6.03 Å². The van der Waals surface area contributed by atoms with Crippen molar-refractivity contribution in [1.82, 2.24) is 14.9 Å². The molecule has 0 bridgehead atoms. The summed E-state index contributed by atoms with van der Waals surface area (Å²) in [4.78, 5) is 17.6. The van der Waals surface area contributed by atoms with Gasteiger partial charge in [-0.15, -0.1) is 0 Å². The molecule has 1 aromatic heterocycles. The van der Waals surface area contributed by atoms with Crippen LogP contribution in [0.5, 0.6) is 0 Å². The number of hydrogen-bond donors (Lipinski definition) is 2. The fourth-order valence-electron chi connectivity index (χ4n) is 0.310. The summed E-state index contributed by atoms with van der Waals surface area (Å²) in [7, 11) is 3.20. The normalized spacial score (nSPS) is 8.15. The average Bonchev–Trinajstić information content (AvgIpc) is 2.06. The van der Waals surface area contributed by atoms with Crippen molar-refractivity contribution in [3.05, 3.63) is 23.2 Å². The number of carbonyl (C=O) groups is 1. The van der Waals surface area contributed by atoms with Crippen molar-refractivity contribution in [1.29, 1.82) is 0 Å². The summed E-state index contributed by atoms with van der Waals surface area (Å²) in [5.74, 6) is 0. The molecule has 0 unspecified atom stereocenters. The van der Waals surface area contributed by atoms with Gasteiger partial charge in [0.1, 0.15) is 0 Å². The van der Waals surface area contributed by atoms with Crippen LogP contribution in [0.15, 0.2) is 18.5 Å². The Kier molecular flexibility index (Phi) is 5.45. The Balaban J connectivity index is 0.000000226. The lowest BCUT2D eigenvalue weighted by atomic mass is 10.7. The number of nitrogens with zero attached hydrogens (tertiary/aromatic N) is 2. The van der Waals surface area contributed by atoms with E-state index in [1.54, 1.807) is 32.6 Å². The Labute approximate surface area is 81.6 Å². The number of aromatic amines is 1. The van der Waals surface area contributed by atoms with E-state index in [1.807, 2.05) is 0 Å². The van der Waals surface area contributed by atoms with Crippen molar-refractivity contribution in [2.45, 2.75) is 0 Å². The number of amides is 2. The molecule has 72 valence electrons. The molecule has 1 heterocycles. The minimum atomic E-state index is -0.407. The van der Waals surface area contributed by atoms with Crippen LogP contribution in [-0.4, -0.2) is 35.0 Å². The predicted octanol–water partition coefficient (Wildman–Crippen LogP) is 0.766. The van der Waals surface area contributed by atoms with Crippen LogP contribution in [0.25, 0.3) is 0 Å². The summed E-state index contributed by atoms with van der Waals surface area (Å²) >= 11 is 4.65. The van der Waals surface area contributed by atoms with Crippen LogP contribution in [0.4, 0.5) is 4.79 Å². The highest BCUT2D eigenvalue weighted by molar-refractivity contribution is 7.71. The molecular weight excluding hydrogens is 188 g/mol. The molecule has 3 N–H and O–H groups in total. The van der Waals surface area contributed by atoms with Gasteiger partial charge in [0.05, 0.1) is 0 Å². The second kappa shape index (κ2) is 6.13. The third kappa shape index (κ3) is 6.95. The molecule has 0 fully saturated rings. The molecule has 5 nitrogen and oxygen atoms in total. The Bertz CT molecular complexity index is 292. The molecule has 0 aliphatic carbocycles. The van der Waals surface area contributed by atoms with Crippen molar-refractivity contribution in [3.8, 4) is 0 Å². The lowest BCUT2D eigenvalue weighted by molar-refractivity contribution is 0.227. The van der Waals surface area contributed by atoms with E-state index in [-0.39, 0.29) is 0 Å². The van der Waals surface area contributed by atoms with Crippen LogP contribution >= 0.6 is 12.2 Å². The number of urea groups is 1. The molecule has 0 aliphatic rings. The number of rotatable bonds is 0. The summed E-state index contributed by atoms with van der Waals surface area (Å²) in [5, 5.41) is 0. The maximum atomic E-state index is 9.85. The third-order valence-corrected chi connectivity index (χ3v) is 1.24. The topological polar surface area (TPSA) is 75.0 Å². The lowest BCUT2D eigenvalue weighted by Gasteiger charge is -2.01. The lowest BCUT2D eigenvalue weighted by Crippen LogP contribution is -2.27. The average molecular weight is 200 g/mol. The molecule has 0 aromatic carbocycles. The van der Waals surface area contributed by atoms with E-state index in [2.05, 4.69) is 22.2 Å². The van der Waals surface area contributed by atoms with E-state index in [9.17, 15) is 4.79 Å². The minimum Gasteiger partial charge on any atom is -0.352 e. The number of carbonyl (C=O) groups excluding carboxylic acids is 1. The van der Waals surface area contributed by atoms with E-state index in [0.717, 1.165) is 0 Å². The van der Waals surface area contributed by atoms with Gasteiger partial charge in [-0.1, -0.05) is 0 Å². The quantitative estimate of drug-likeness (QED) is 0.607. The van der Waals surface area contributed by atoms with Crippen LogP contribution in [0, 0.1) is 4.77 Å². The summed E-state index contributed by atoms with van der Waals surface area (Å²) in [6.45, 7) is 0. The van der Waals surface area contributed by atoms with E-state index in [1.165, 1.54) is 4.90 Å². The smallest absolute Gasteiger partial charge is 0.314 e. The maximum absolute atomic E-state index is 9.85. The van der Waals surface area contributed by atoms with Crippen LogP contribution in [0.2, 0.25) is 0 Å². The highest BCUT2D eigenvalue weighted by Gasteiger charge is 1.88. The molecule has 6 heteroatoms. The molecule has 0 radical (unpaired) electrons. The van der Waals surface area contributed by atoms with Crippen molar-refractivity contribution in [2.75, 3.05) is 14.1 Å². The van der Waals surface area contributed by atoms with Gasteiger partial charge in [0, 0.05) is 26.5 Å². The van der Waals surface area contributed by atoms with Crippen molar-refractivity contribution < 1.29 is 4.79 Å². The van der Waals surface area contributed by atoms with Crippen LogP contribution in [-0.2, 0) is 0 Å². The standard InChI is InChI=1S/C4H4N2S.C3H8N2O/c7-4-5-2-1-3-6-4;1-5(2)3(4)6/h1-3H,(H,5,6,7);1-2H3,(H2,4,6). The minimum absolute atomic E-state index is 0.407. The summed E-state index contributed by atoms with van der Waals surface area (Å²) in [6, 6.07) is 1.38. The molecule has 0 saturated heterocycles. The Morgan fingerprint density at radius 1 is 1.69 bits per heavy atom. The van der Waals surface area contributed by atoms with Crippen LogP contribution < -0.4 is 5.73 Å². The maximum Gasteiger partial charge on any atom is 0.314 e. The van der Waals surface area contributed by atoms with Gasteiger partial charge in [0.2, 0.25) is 0 Å². The van der Waals surface area contributed by atoms with E-state index in [4.69, 9.17) is 5.73 Å². The Hall–Kier alpha value is -1.43. The first-order valence-corrected chi connectivity index (χ1v) is 3.91. The van der Waals surface area contributed by atoms with Gasteiger partial charge in [-0.25, -0.2) is 9.78 Å². The first kappa shape index (κ1) is 11.6. The summed E-state index contributed by atoms with van der Waals surface area (Å²) in [5.41, 5.74) is 4.72. The second-order valence-corrected chi connectivity index (χ2v) is 2.71. The van der Waals surface area contributed by atoms with Gasteiger partial charge in [-0.2, -0.15) is 0 Å². The number of H-pyrrole nitrogens is 1. The van der Waals surface area contributed by atoms with Gasteiger partial charge in [0.25, 0.3) is 0 Å². The highest BCUT2D eigenvalue weighted by Crippen LogP contribution is 1.73. The molecule has 2 amide bonds. The number of primary amides is 1. The number of hydrogen-bond acceptors (Lipinski definition) is 3. The number of nitrogens with two attached hydrogens (primary N) is 1. The molecule has 13 heavy (non-hydrogen) atoms. The summed E-state index contributed by atoms with van der Waals surface area (Å²) < 4.78 is 0.530. The fourth-order valence-corrected chi connectivity index (χ4v) is 0.439. The molecule has 0 atom stereocenters. The second-order valence-electron chi connectivity index (χ2n) is 2.32. The zero-order valence-electron chi connectivity index (χ0n) is 7.52. The molecule has 1 rings (SSSR count). The number of nitrogens with one attached hydrogen (secondary N) is 1. The first-order valence-electron chi connectivity index (χ1n) is 3.50. The molecule has 0 spiro atoms. The summed E-state index contributed by atoms with van der Waals surface area (Å²) in [6.07, 6.45) is 3.40.